The minimum atomic E-state index is 0.755. The number of morpholine rings is 1. The Morgan fingerprint density at radius 2 is 2.00 bits per heavy atom. The zero-order chi connectivity index (χ0) is 13.8. The molecule has 5 heteroatoms. The van der Waals surface area contributed by atoms with E-state index in [2.05, 4.69) is 39.2 Å². The molecule has 1 N–H and O–H groups in total. The number of ether oxygens (including phenoxy) is 1. The Kier molecular flexibility index (Phi) is 3.78. The third-order valence-corrected chi connectivity index (χ3v) is 3.28. The van der Waals surface area contributed by atoms with Gasteiger partial charge in [0.1, 0.15) is 18.0 Å². The molecule has 1 aromatic heterocycles. The summed E-state index contributed by atoms with van der Waals surface area (Å²) in [5.41, 5.74) is 2.26. The zero-order valence-electron chi connectivity index (χ0n) is 11.5. The summed E-state index contributed by atoms with van der Waals surface area (Å²) in [4.78, 5) is 10.8. The van der Waals surface area contributed by atoms with Gasteiger partial charge in [-0.25, -0.2) is 9.97 Å². The third-order valence-electron chi connectivity index (χ3n) is 3.28. The van der Waals surface area contributed by atoms with Crippen LogP contribution in [0.3, 0.4) is 0 Å². The second-order valence-electron chi connectivity index (χ2n) is 4.86. The van der Waals surface area contributed by atoms with Crippen molar-refractivity contribution in [2.24, 2.45) is 0 Å². The Bertz CT molecular complexity index is 582. The van der Waals surface area contributed by atoms with Crippen LogP contribution >= 0.6 is 0 Å². The Morgan fingerprint density at radius 1 is 1.15 bits per heavy atom. The van der Waals surface area contributed by atoms with Crippen molar-refractivity contribution in [2.75, 3.05) is 36.5 Å². The van der Waals surface area contributed by atoms with Crippen LogP contribution in [0, 0.1) is 6.92 Å². The van der Waals surface area contributed by atoms with Gasteiger partial charge in [0.15, 0.2) is 0 Å². The van der Waals surface area contributed by atoms with Crippen LogP contribution in [0.5, 0.6) is 0 Å². The van der Waals surface area contributed by atoms with Gasteiger partial charge in [-0.1, -0.05) is 12.1 Å². The minimum Gasteiger partial charge on any atom is -0.378 e. The summed E-state index contributed by atoms with van der Waals surface area (Å²) in [6.45, 7) is 5.33. The predicted molar refractivity (Wildman–Crippen MR) is 79.5 cm³/mol. The summed E-state index contributed by atoms with van der Waals surface area (Å²) in [6, 6.07) is 10.2. The highest BCUT2D eigenvalue weighted by Gasteiger charge is 2.12. The van der Waals surface area contributed by atoms with Crippen LogP contribution in [-0.4, -0.2) is 36.3 Å². The van der Waals surface area contributed by atoms with E-state index in [9.17, 15) is 0 Å². The maximum Gasteiger partial charge on any atom is 0.135 e. The first-order valence-electron chi connectivity index (χ1n) is 6.80. The molecule has 0 atom stereocenters. The first-order valence-corrected chi connectivity index (χ1v) is 6.80. The van der Waals surface area contributed by atoms with Crippen LogP contribution in [0.4, 0.5) is 17.3 Å². The lowest BCUT2D eigenvalue weighted by Crippen LogP contribution is -2.36. The molecule has 0 amide bonds. The van der Waals surface area contributed by atoms with Crippen LogP contribution in [0.25, 0.3) is 0 Å². The van der Waals surface area contributed by atoms with E-state index in [-0.39, 0.29) is 0 Å². The third kappa shape index (κ3) is 3.05. The van der Waals surface area contributed by atoms with Crippen LogP contribution in [0.2, 0.25) is 0 Å². The Morgan fingerprint density at radius 3 is 2.80 bits per heavy atom. The molecular weight excluding hydrogens is 252 g/mol. The summed E-state index contributed by atoms with van der Waals surface area (Å²) in [5, 5.41) is 3.32. The van der Waals surface area contributed by atoms with Gasteiger partial charge in [0.25, 0.3) is 0 Å². The number of hydrogen-bond acceptors (Lipinski definition) is 5. The average Bonchev–Trinajstić information content (AvgIpc) is 2.48. The summed E-state index contributed by atoms with van der Waals surface area (Å²) in [6.07, 6.45) is 1.60. The molecule has 0 unspecified atom stereocenters. The van der Waals surface area contributed by atoms with Crippen molar-refractivity contribution >= 4 is 17.3 Å². The summed E-state index contributed by atoms with van der Waals surface area (Å²) in [7, 11) is 0. The standard InChI is InChI=1S/C15H18N4O/c1-12-3-2-4-13(9-12)18-14-10-15(17-11-16-14)19-5-7-20-8-6-19/h2-4,9-11H,5-8H2,1H3,(H,16,17,18). The van der Waals surface area contributed by atoms with Gasteiger partial charge in [0.2, 0.25) is 0 Å². The highest BCUT2D eigenvalue weighted by molar-refractivity contribution is 5.59. The number of hydrogen-bond donors (Lipinski definition) is 1. The molecule has 1 fully saturated rings. The monoisotopic (exact) mass is 270 g/mol. The van der Waals surface area contributed by atoms with E-state index in [0.717, 1.165) is 43.6 Å². The smallest absolute Gasteiger partial charge is 0.135 e. The van der Waals surface area contributed by atoms with Crippen LogP contribution < -0.4 is 10.2 Å². The van der Waals surface area contributed by atoms with Crippen LogP contribution in [0.1, 0.15) is 5.56 Å². The Labute approximate surface area is 118 Å². The molecule has 104 valence electrons. The minimum absolute atomic E-state index is 0.755. The second-order valence-corrected chi connectivity index (χ2v) is 4.86. The molecule has 5 nitrogen and oxygen atoms in total. The summed E-state index contributed by atoms with van der Waals surface area (Å²) >= 11 is 0. The number of nitrogens with one attached hydrogen (secondary N) is 1. The van der Waals surface area contributed by atoms with Crippen molar-refractivity contribution < 1.29 is 4.74 Å². The van der Waals surface area contributed by atoms with Crippen molar-refractivity contribution in [2.45, 2.75) is 6.92 Å². The first kappa shape index (κ1) is 12.9. The second kappa shape index (κ2) is 5.88. The van der Waals surface area contributed by atoms with E-state index in [0.29, 0.717) is 0 Å². The normalized spacial score (nSPS) is 15.2. The molecule has 2 heterocycles. The maximum absolute atomic E-state index is 5.36. The van der Waals surface area contributed by atoms with E-state index in [1.165, 1.54) is 5.56 Å². The van der Waals surface area contributed by atoms with E-state index < -0.39 is 0 Å². The van der Waals surface area contributed by atoms with Crippen molar-refractivity contribution in [1.29, 1.82) is 0 Å². The number of anilines is 3. The molecule has 0 bridgehead atoms. The van der Waals surface area contributed by atoms with E-state index in [1.54, 1.807) is 6.33 Å². The lowest BCUT2D eigenvalue weighted by Gasteiger charge is -2.27. The molecule has 0 saturated carbocycles. The summed E-state index contributed by atoms with van der Waals surface area (Å²) < 4.78 is 5.36. The molecule has 1 saturated heterocycles. The van der Waals surface area contributed by atoms with Gasteiger partial charge in [0.05, 0.1) is 13.2 Å². The molecule has 20 heavy (non-hydrogen) atoms. The molecule has 0 radical (unpaired) electrons. The highest BCUT2D eigenvalue weighted by Crippen LogP contribution is 2.19. The fraction of sp³-hybridized carbons (Fsp3) is 0.333. The lowest BCUT2D eigenvalue weighted by molar-refractivity contribution is 0.122. The summed E-state index contributed by atoms with van der Waals surface area (Å²) in [5.74, 6) is 1.76. The number of rotatable bonds is 3. The highest BCUT2D eigenvalue weighted by atomic mass is 16.5. The lowest BCUT2D eigenvalue weighted by atomic mass is 10.2. The van der Waals surface area contributed by atoms with E-state index in [1.807, 2.05) is 18.2 Å². The van der Waals surface area contributed by atoms with Gasteiger partial charge in [-0.2, -0.15) is 0 Å². The van der Waals surface area contributed by atoms with Crippen molar-refractivity contribution in [3.63, 3.8) is 0 Å². The van der Waals surface area contributed by atoms with Gasteiger partial charge in [-0.3, -0.25) is 0 Å². The van der Waals surface area contributed by atoms with Crippen LogP contribution in [-0.2, 0) is 4.74 Å². The Hall–Kier alpha value is -2.14. The van der Waals surface area contributed by atoms with Crippen molar-refractivity contribution in [3.8, 4) is 0 Å². The average molecular weight is 270 g/mol. The number of nitrogens with zero attached hydrogens (tertiary/aromatic N) is 3. The molecule has 1 aliphatic rings. The molecular formula is C15H18N4O. The van der Waals surface area contributed by atoms with Gasteiger partial charge in [-0.15, -0.1) is 0 Å². The molecule has 2 aromatic rings. The molecule has 1 aliphatic heterocycles. The SMILES string of the molecule is Cc1cccc(Nc2cc(N3CCOCC3)ncn2)c1. The van der Waals surface area contributed by atoms with Gasteiger partial charge < -0.3 is 15.0 Å². The predicted octanol–water partition coefficient (Wildman–Crippen LogP) is 2.37. The van der Waals surface area contributed by atoms with Crippen molar-refractivity contribution in [3.05, 3.63) is 42.2 Å². The molecule has 0 aliphatic carbocycles. The molecule has 3 rings (SSSR count). The number of aromatic nitrogens is 2. The van der Waals surface area contributed by atoms with Crippen molar-refractivity contribution in [1.82, 2.24) is 9.97 Å². The molecule has 0 spiro atoms. The van der Waals surface area contributed by atoms with Gasteiger partial charge in [0, 0.05) is 24.8 Å². The molecule has 1 aromatic carbocycles. The maximum atomic E-state index is 5.36. The first-order chi connectivity index (χ1) is 9.81. The van der Waals surface area contributed by atoms with Gasteiger partial charge in [-0.05, 0) is 24.6 Å². The van der Waals surface area contributed by atoms with E-state index >= 15 is 0 Å². The fourth-order valence-electron chi connectivity index (χ4n) is 2.25. The van der Waals surface area contributed by atoms with E-state index in [4.69, 9.17) is 4.74 Å². The zero-order valence-corrected chi connectivity index (χ0v) is 11.5. The van der Waals surface area contributed by atoms with Gasteiger partial charge >= 0.3 is 0 Å². The number of benzene rings is 1. The largest absolute Gasteiger partial charge is 0.378 e. The fourth-order valence-corrected chi connectivity index (χ4v) is 2.25. The quantitative estimate of drug-likeness (QED) is 0.928. The van der Waals surface area contributed by atoms with Crippen LogP contribution in [0.15, 0.2) is 36.7 Å². The topological polar surface area (TPSA) is 50.3 Å². The number of aryl methyl sites for hydroxylation is 1. The Balaban J connectivity index is 1.77.